The SMILES string of the molecule is O=C(O)COCCOCCOCCOCCOCCCCCCCCCCCS. The van der Waals surface area contributed by atoms with Gasteiger partial charge in [0.05, 0.1) is 52.9 Å². The fraction of sp³-hybridized carbons (Fsp3) is 0.952. The van der Waals surface area contributed by atoms with Gasteiger partial charge in [0.25, 0.3) is 0 Å². The van der Waals surface area contributed by atoms with E-state index in [9.17, 15) is 4.79 Å². The Kier molecular flexibility index (Phi) is 25.3. The zero-order chi connectivity index (χ0) is 21.3. The van der Waals surface area contributed by atoms with Crippen molar-refractivity contribution in [2.24, 2.45) is 0 Å². The fourth-order valence-corrected chi connectivity index (χ4v) is 2.82. The number of hydrogen-bond acceptors (Lipinski definition) is 7. The lowest BCUT2D eigenvalue weighted by atomic mass is 10.1. The molecule has 0 amide bonds. The molecule has 0 spiro atoms. The highest BCUT2D eigenvalue weighted by atomic mass is 32.1. The summed E-state index contributed by atoms with van der Waals surface area (Å²) >= 11 is 4.23. The number of carboxylic acids is 1. The van der Waals surface area contributed by atoms with Crippen LogP contribution in [-0.2, 0) is 28.5 Å². The van der Waals surface area contributed by atoms with Crippen molar-refractivity contribution in [3.8, 4) is 0 Å². The first-order valence-corrected chi connectivity index (χ1v) is 11.6. The molecule has 174 valence electrons. The molecule has 0 bridgehead atoms. The third-order valence-electron chi connectivity index (χ3n) is 4.16. The predicted molar refractivity (Wildman–Crippen MR) is 117 cm³/mol. The summed E-state index contributed by atoms with van der Waals surface area (Å²) in [4.78, 5) is 10.2. The van der Waals surface area contributed by atoms with E-state index in [4.69, 9.17) is 28.8 Å². The summed E-state index contributed by atoms with van der Waals surface area (Å²) in [6, 6.07) is 0. The molecule has 29 heavy (non-hydrogen) atoms. The molecule has 0 radical (unpaired) electrons. The maximum Gasteiger partial charge on any atom is 0.329 e. The zero-order valence-electron chi connectivity index (χ0n) is 18.0. The van der Waals surface area contributed by atoms with Gasteiger partial charge in [-0.05, 0) is 18.6 Å². The van der Waals surface area contributed by atoms with Crippen molar-refractivity contribution < 1.29 is 33.6 Å². The molecule has 0 saturated heterocycles. The second-order valence-electron chi connectivity index (χ2n) is 6.80. The van der Waals surface area contributed by atoms with Gasteiger partial charge in [-0.2, -0.15) is 12.6 Å². The third-order valence-corrected chi connectivity index (χ3v) is 4.48. The van der Waals surface area contributed by atoms with Crippen LogP contribution < -0.4 is 0 Å². The molecule has 0 aromatic heterocycles. The van der Waals surface area contributed by atoms with Gasteiger partial charge >= 0.3 is 5.97 Å². The third kappa shape index (κ3) is 27.6. The molecule has 0 aliphatic heterocycles. The minimum Gasteiger partial charge on any atom is -0.480 e. The molecule has 1 N–H and O–H groups in total. The fourth-order valence-electron chi connectivity index (χ4n) is 2.59. The van der Waals surface area contributed by atoms with Gasteiger partial charge in [0.1, 0.15) is 6.61 Å². The number of rotatable bonds is 25. The molecular weight excluding hydrogens is 396 g/mol. The molecule has 0 rings (SSSR count). The van der Waals surface area contributed by atoms with Crippen molar-refractivity contribution in [1.82, 2.24) is 0 Å². The van der Waals surface area contributed by atoms with E-state index in [0.29, 0.717) is 46.2 Å². The standard InChI is InChI=1S/C21H42O7S/c22-21(23)20-28-18-17-27-16-15-26-14-13-25-12-11-24-10-8-6-4-2-1-3-5-7-9-19-29/h29H,1-20H2,(H,22,23). The highest BCUT2D eigenvalue weighted by Gasteiger charge is 1.97. The van der Waals surface area contributed by atoms with E-state index in [1.807, 2.05) is 0 Å². The Morgan fingerprint density at radius 2 is 0.862 bits per heavy atom. The van der Waals surface area contributed by atoms with Crippen molar-refractivity contribution in [3.05, 3.63) is 0 Å². The topological polar surface area (TPSA) is 83.5 Å². The van der Waals surface area contributed by atoms with Crippen LogP contribution in [0.2, 0.25) is 0 Å². The Balaban J connectivity index is 2.99. The predicted octanol–water partition coefficient (Wildman–Crippen LogP) is 3.59. The van der Waals surface area contributed by atoms with E-state index in [1.165, 1.54) is 51.4 Å². The molecule has 8 heteroatoms. The van der Waals surface area contributed by atoms with Crippen LogP contribution in [0.1, 0.15) is 57.8 Å². The Labute approximate surface area is 182 Å². The number of ether oxygens (including phenoxy) is 5. The molecule has 0 saturated carbocycles. The van der Waals surface area contributed by atoms with E-state index in [0.717, 1.165) is 18.8 Å². The summed E-state index contributed by atoms with van der Waals surface area (Å²) in [5.74, 6) is 0.0423. The lowest BCUT2D eigenvalue weighted by molar-refractivity contribution is -0.142. The molecule has 0 unspecified atom stereocenters. The van der Waals surface area contributed by atoms with Crippen molar-refractivity contribution in [2.75, 3.05) is 71.8 Å². The Morgan fingerprint density at radius 1 is 0.517 bits per heavy atom. The summed E-state index contributed by atoms with van der Waals surface area (Å²) in [7, 11) is 0. The van der Waals surface area contributed by atoms with Crippen molar-refractivity contribution in [3.63, 3.8) is 0 Å². The van der Waals surface area contributed by atoms with Crippen LogP contribution >= 0.6 is 12.6 Å². The zero-order valence-corrected chi connectivity index (χ0v) is 18.9. The molecule has 0 atom stereocenters. The van der Waals surface area contributed by atoms with Gasteiger partial charge < -0.3 is 28.8 Å². The van der Waals surface area contributed by atoms with Gasteiger partial charge in [-0.15, -0.1) is 0 Å². The number of carbonyl (C=O) groups is 1. The maximum absolute atomic E-state index is 10.2. The van der Waals surface area contributed by atoms with Crippen LogP contribution in [0.3, 0.4) is 0 Å². The first-order chi connectivity index (χ1) is 14.3. The van der Waals surface area contributed by atoms with Crippen LogP contribution in [0.25, 0.3) is 0 Å². The second kappa shape index (κ2) is 25.7. The highest BCUT2D eigenvalue weighted by molar-refractivity contribution is 7.80. The van der Waals surface area contributed by atoms with Crippen molar-refractivity contribution >= 4 is 18.6 Å². The van der Waals surface area contributed by atoms with E-state index >= 15 is 0 Å². The summed E-state index contributed by atoms with van der Waals surface area (Å²) in [5.41, 5.74) is 0. The van der Waals surface area contributed by atoms with Crippen LogP contribution in [0, 0.1) is 0 Å². The van der Waals surface area contributed by atoms with Crippen molar-refractivity contribution in [2.45, 2.75) is 57.8 Å². The lowest BCUT2D eigenvalue weighted by Crippen LogP contribution is -2.14. The van der Waals surface area contributed by atoms with E-state index in [-0.39, 0.29) is 13.2 Å². The van der Waals surface area contributed by atoms with Gasteiger partial charge in [0.2, 0.25) is 0 Å². The average molecular weight is 439 g/mol. The van der Waals surface area contributed by atoms with E-state index in [1.54, 1.807) is 0 Å². The van der Waals surface area contributed by atoms with E-state index < -0.39 is 5.97 Å². The highest BCUT2D eigenvalue weighted by Crippen LogP contribution is 2.09. The van der Waals surface area contributed by atoms with E-state index in [2.05, 4.69) is 12.6 Å². The average Bonchev–Trinajstić information content (AvgIpc) is 2.71. The van der Waals surface area contributed by atoms with Crippen molar-refractivity contribution in [1.29, 1.82) is 0 Å². The summed E-state index contributed by atoms with van der Waals surface area (Å²) in [6.45, 7) is 4.37. The lowest BCUT2D eigenvalue weighted by Gasteiger charge is -2.07. The largest absolute Gasteiger partial charge is 0.480 e. The van der Waals surface area contributed by atoms with Gasteiger partial charge in [-0.1, -0.05) is 44.9 Å². The van der Waals surface area contributed by atoms with Crippen LogP contribution in [0.5, 0.6) is 0 Å². The second-order valence-corrected chi connectivity index (χ2v) is 7.25. The van der Waals surface area contributed by atoms with Gasteiger partial charge in [0.15, 0.2) is 0 Å². The number of hydrogen-bond donors (Lipinski definition) is 2. The van der Waals surface area contributed by atoms with Crippen LogP contribution in [0.4, 0.5) is 0 Å². The van der Waals surface area contributed by atoms with Gasteiger partial charge in [-0.3, -0.25) is 0 Å². The molecule has 0 heterocycles. The maximum atomic E-state index is 10.2. The summed E-state index contributed by atoms with van der Waals surface area (Å²) < 4.78 is 26.5. The number of unbranched alkanes of at least 4 members (excludes halogenated alkanes) is 8. The van der Waals surface area contributed by atoms with Gasteiger partial charge in [0, 0.05) is 6.61 Å². The molecule has 0 aromatic carbocycles. The molecule has 0 aliphatic carbocycles. The Morgan fingerprint density at radius 3 is 1.28 bits per heavy atom. The number of thiol groups is 1. The summed E-state index contributed by atoms with van der Waals surface area (Å²) in [5, 5.41) is 8.38. The molecule has 0 fully saturated rings. The molecular formula is C21H42O7S. The van der Waals surface area contributed by atoms with Crippen LogP contribution in [0.15, 0.2) is 0 Å². The molecule has 0 aliphatic rings. The van der Waals surface area contributed by atoms with Gasteiger partial charge in [-0.25, -0.2) is 4.79 Å². The molecule has 7 nitrogen and oxygen atoms in total. The quantitative estimate of drug-likeness (QED) is 0.166. The van der Waals surface area contributed by atoms with Crippen LogP contribution in [-0.4, -0.2) is 82.9 Å². The number of carboxylic acid groups (broad SMARTS) is 1. The summed E-state index contributed by atoms with van der Waals surface area (Å²) in [6.07, 6.45) is 11.7. The Bertz CT molecular complexity index is 332. The Hall–Kier alpha value is -0.380. The molecule has 0 aromatic rings. The monoisotopic (exact) mass is 438 g/mol. The first-order valence-electron chi connectivity index (χ1n) is 11.0. The first kappa shape index (κ1) is 28.6. The smallest absolute Gasteiger partial charge is 0.329 e. The minimum atomic E-state index is -0.976. The normalized spacial score (nSPS) is 11.2. The minimum absolute atomic E-state index is 0.270. The number of aliphatic carboxylic acids is 1.